The number of benzene rings is 2. The molecule has 2 aromatic carbocycles. The zero-order valence-electron chi connectivity index (χ0n) is 18.5. The van der Waals surface area contributed by atoms with Gasteiger partial charge in [0.05, 0.1) is 36.1 Å². The van der Waals surface area contributed by atoms with Gasteiger partial charge in [-0.3, -0.25) is 9.79 Å². The summed E-state index contributed by atoms with van der Waals surface area (Å²) in [5, 5.41) is 5.72. The van der Waals surface area contributed by atoms with E-state index in [2.05, 4.69) is 15.6 Å². The summed E-state index contributed by atoms with van der Waals surface area (Å²) in [5.41, 5.74) is 1.46. The van der Waals surface area contributed by atoms with Crippen LogP contribution in [0.25, 0.3) is 0 Å². The number of esters is 1. The second kappa shape index (κ2) is 10.2. The molecule has 1 amide bonds. The topological polar surface area (TPSA) is 126 Å². The molecule has 1 saturated heterocycles. The van der Waals surface area contributed by atoms with E-state index in [0.717, 1.165) is 0 Å². The molecule has 11 heteroatoms. The molecule has 0 saturated carbocycles. The van der Waals surface area contributed by atoms with Crippen LogP contribution in [0, 0.1) is 0 Å². The Morgan fingerprint density at radius 3 is 2.53 bits per heavy atom. The molecular weight excluding hydrogens is 460 g/mol. The number of nitrogens with one attached hydrogen (secondary N) is 2. The number of anilines is 1. The van der Waals surface area contributed by atoms with Gasteiger partial charge in [-0.05, 0) is 43.3 Å². The number of aliphatic imine (C=N–C) groups is 1. The van der Waals surface area contributed by atoms with Gasteiger partial charge < -0.3 is 20.1 Å². The Morgan fingerprint density at radius 2 is 1.82 bits per heavy atom. The molecule has 2 aromatic rings. The highest BCUT2D eigenvalue weighted by Gasteiger charge is 2.27. The Kier molecular flexibility index (Phi) is 7.06. The van der Waals surface area contributed by atoms with Crippen LogP contribution in [0.3, 0.4) is 0 Å². The van der Waals surface area contributed by atoms with Crippen molar-refractivity contribution < 1.29 is 27.5 Å². The summed E-state index contributed by atoms with van der Waals surface area (Å²) in [6.45, 7) is 3.09. The number of ether oxygens (including phenoxy) is 2. The lowest BCUT2D eigenvalue weighted by molar-refractivity contribution is -0.137. The van der Waals surface area contributed by atoms with Crippen LogP contribution in [0.4, 0.5) is 11.4 Å². The quantitative estimate of drug-likeness (QED) is 0.601. The van der Waals surface area contributed by atoms with Gasteiger partial charge in [-0.2, -0.15) is 4.31 Å². The third-order valence-corrected chi connectivity index (χ3v) is 7.14. The first kappa shape index (κ1) is 23.6. The van der Waals surface area contributed by atoms with Crippen LogP contribution in [0.2, 0.25) is 0 Å². The standard InChI is InChI=1S/C23H24N4O6S/c1-2-33-23(29)18-15-24-19-5-3-4-6-20(19)25-21(18)26-22(28)16-7-9-17(10-8-16)34(30,31)27-11-13-32-14-12-27/h3-10,15,25H,2,11-14H2,1H3,(H,26,28). The van der Waals surface area contributed by atoms with Crippen LogP contribution in [0.15, 0.2) is 69.8 Å². The first-order valence-corrected chi connectivity index (χ1v) is 12.1. The lowest BCUT2D eigenvalue weighted by atomic mass is 10.2. The van der Waals surface area contributed by atoms with Crippen LogP contribution in [-0.2, 0) is 24.3 Å². The van der Waals surface area contributed by atoms with Crippen LogP contribution in [-0.4, -0.2) is 63.7 Å². The highest BCUT2D eigenvalue weighted by molar-refractivity contribution is 7.89. The number of sulfonamides is 1. The molecule has 2 heterocycles. The summed E-state index contributed by atoms with van der Waals surface area (Å²) < 4.78 is 37.3. The van der Waals surface area contributed by atoms with Crippen LogP contribution in [0.5, 0.6) is 0 Å². The van der Waals surface area contributed by atoms with Gasteiger partial charge in [0.15, 0.2) is 0 Å². The van der Waals surface area contributed by atoms with Gasteiger partial charge in [-0.25, -0.2) is 13.2 Å². The molecule has 0 bridgehead atoms. The Labute approximate surface area is 197 Å². The minimum absolute atomic E-state index is 0.0536. The van der Waals surface area contributed by atoms with Crippen molar-refractivity contribution in [2.75, 3.05) is 38.2 Å². The van der Waals surface area contributed by atoms with Crippen molar-refractivity contribution in [2.45, 2.75) is 11.8 Å². The van der Waals surface area contributed by atoms with E-state index < -0.39 is 21.9 Å². The van der Waals surface area contributed by atoms with Crippen molar-refractivity contribution in [1.82, 2.24) is 9.62 Å². The second-order valence-corrected chi connectivity index (χ2v) is 9.34. The summed E-state index contributed by atoms with van der Waals surface area (Å²) >= 11 is 0. The van der Waals surface area contributed by atoms with Crippen molar-refractivity contribution in [3.05, 3.63) is 65.5 Å². The fraction of sp³-hybridized carbons (Fsp3) is 0.261. The average molecular weight is 485 g/mol. The molecule has 0 radical (unpaired) electrons. The van der Waals surface area contributed by atoms with E-state index in [-0.39, 0.29) is 41.5 Å². The summed E-state index contributed by atoms with van der Waals surface area (Å²) in [7, 11) is -3.67. The maximum Gasteiger partial charge on any atom is 0.343 e. The second-order valence-electron chi connectivity index (χ2n) is 7.40. The highest BCUT2D eigenvalue weighted by atomic mass is 32.2. The molecule has 0 aliphatic carbocycles. The molecular formula is C23H24N4O6S. The average Bonchev–Trinajstić information content (AvgIpc) is 3.04. The first-order chi connectivity index (χ1) is 16.4. The van der Waals surface area contributed by atoms with E-state index in [4.69, 9.17) is 9.47 Å². The molecule has 10 nitrogen and oxygen atoms in total. The van der Waals surface area contributed by atoms with E-state index in [0.29, 0.717) is 24.6 Å². The van der Waals surface area contributed by atoms with Gasteiger partial charge in [0.25, 0.3) is 5.91 Å². The predicted molar refractivity (Wildman–Crippen MR) is 125 cm³/mol. The number of amides is 1. The van der Waals surface area contributed by atoms with Crippen molar-refractivity contribution in [3.8, 4) is 0 Å². The molecule has 34 heavy (non-hydrogen) atoms. The predicted octanol–water partition coefficient (Wildman–Crippen LogP) is 2.04. The van der Waals surface area contributed by atoms with Gasteiger partial charge in [0.1, 0.15) is 11.4 Å². The van der Waals surface area contributed by atoms with E-state index in [9.17, 15) is 18.0 Å². The number of carbonyl (C=O) groups is 2. The summed E-state index contributed by atoms with van der Waals surface area (Å²) in [4.78, 5) is 29.9. The van der Waals surface area contributed by atoms with E-state index in [1.54, 1.807) is 31.2 Å². The number of rotatable bonds is 6. The number of morpholine rings is 1. The Bertz CT molecular complexity index is 1250. The molecule has 0 spiro atoms. The van der Waals surface area contributed by atoms with Gasteiger partial charge >= 0.3 is 5.97 Å². The Balaban J connectivity index is 1.57. The van der Waals surface area contributed by atoms with E-state index >= 15 is 0 Å². The largest absolute Gasteiger partial charge is 0.462 e. The third-order valence-electron chi connectivity index (χ3n) is 5.22. The first-order valence-electron chi connectivity index (χ1n) is 10.7. The minimum Gasteiger partial charge on any atom is -0.462 e. The number of hydrogen-bond donors (Lipinski definition) is 2. The summed E-state index contributed by atoms with van der Waals surface area (Å²) in [5.74, 6) is -1.07. The van der Waals surface area contributed by atoms with Gasteiger partial charge in [0.2, 0.25) is 10.0 Å². The highest BCUT2D eigenvalue weighted by Crippen LogP contribution is 2.28. The number of nitrogens with zero attached hydrogens (tertiary/aromatic N) is 2. The molecule has 4 rings (SSSR count). The minimum atomic E-state index is -3.67. The summed E-state index contributed by atoms with van der Waals surface area (Å²) in [6, 6.07) is 12.7. The fourth-order valence-corrected chi connectivity index (χ4v) is 4.86. The number of hydrogen-bond acceptors (Lipinski definition) is 8. The van der Waals surface area contributed by atoms with Crippen LogP contribution in [0.1, 0.15) is 17.3 Å². The van der Waals surface area contributed by atoms with Crippen molar-refractivity contribution in [1.29, 1.82) is 0 Å². The van der Waals surface area contributed by atoms with E-state index in [1.807, 2.05) is 0 Å². The number of para-hydroxylation sites is 2. The van der Waals surface area contributed by atoms with Crippen molar-refractivity contribution in [3.63, 3.8) is 0 Å². The molecule has 0 aromatic heterocycles. The van der Waals surface area contributed by atoms with Crippen LogP contribution < -0.4 is 10.6 Å². The normalized spacial score (nSPS) is 16.3. The Hall–Kier alpha value is -3.54. The van der Waals surface area contributed by atoms with Crippen molar-refractivity contribution >= 4 is 39.5 Å². The molecule has 2 N–H and O–H groups in total. The van der Waals surface area contributed by atoms with E-state index in [1.165, 1.54) is 34.8 Å². The number of carbonyl (C=O) groups excluding carboxylic acids is 2. The number of fused-ring (bicyclic) bond motifs is 1. The van der Waals surface area contributed by atoms with Crippen LogP contribution >= 0.6 is 0 Å². The lowest BCUT2D eigenvalue weighted by Gasteiger charge is -2.26. The third kappa shape index (κ3) is 5.01. The lowest BCUT2D eigenvalue weighted by Crippen LogP contribution is -2.40. The SMILES string of the molecule is CCOC(=O)C1=C(NC(=O)c2ccc(S(=O)(=O)N3CCOCC3)cc2)Nc2ccccc2N=C1. The Morgan fingerprint density at radius 1 is 1.12 bits per heavy atom. The van der Waals surface area contributed by atoms with Gasteiger partial charge in [-0.15, -0.1) is 0 Å². The smallest absolute Gasteiger partial charge is 0.343 e. The molecule has 2 aliphatic rings. The molecule has 178 valence electrons. The van der Waals surface area contributed by atoms with Gasteiger partial charge in [0, 0.05) is 24.9 Å². The maximum absolute atomic E-state index is 13.0. The maximum atomic E-state index is 13.0. The zero-order valence-corrected chi connectivity index (χ0v) is 19.3. The molecule has 0 atom stereocenters. The summed E-state index contributed by atoms with van der Waals surface area (Å²) in [6.07, 6.45) is 1.34. The molecule has 2 aliphatic heterocycles. The zero-order chi connectivity index (χ0) is 24.1. The molecule has 1 fully saturated rings. The van der Waals surface area contributed by atoms with Gasteiger partial charge in [-0.1, -0.05) is 12.1 Å². The monoisotopic (exact) mass is 484 g/mol. The van der Waals surface area contributed by atoms with Crippen molar-refractivity contribution in [2.24, 2.45) is 4.99 Å². The fourth-order valence-electron chi connectivity index (χ4n) is 3.45. The molecule has 0 unspecified atom stereocenters.